The Kier molecular flexibility index (Phi) is 3.68. The van der Waals surface area contributed by atoms with Gasteiger partial charge in [0.05, 0.1) is 5.56 Å². The van der Waals surface area contributed by atoms with Gasteiger partial charge in [0.15, 0.2) is 0 Å². The highest BCUT2D eigenvalue weighted by atomic mass is 19.1. The second kappa shape index (κ2) is 5.99. The van der Waals surface area contributed by atoms with Crippen LogP contribution in [-0.4, -0.2) is 44.3 Å². The lowest BCUT2D eigenvalue weighted by atomic mass is 9.90. The quantitative estimate of drug-likeness (QED) is 0.785. The number of fused-ring (bicyclic) bond motifs is 1. The Morgan fingerprint density at radius 2 is 1.92 bits per heavy atom. The standard InChI is InChI=1S/C17H16FN5O/c18-13-9-14(16-15(10-13)20-22-21-16)17(24)23-7-3-12(4-8-23)11-1-5-19-6-2-11/h1-2,5-6,9-10,12H,3-4,7-8H2,(H,20,21,22). The fraction of sp³-hybridized carbons (Fsp3) is 0.294. The van der Waals surface area contributed by atoms with E-state index in [1.807, 2.05) is 12.1 Å². The van der Waals surface area contributed by atoms with Crippen LogP contribution in [0.15, 0.2) is 36.7 Å². The number of halogens is 1. The van der Waals surface area contributed by atoms with Gasteiger partial charge in [0, 0.05) is 31.5 Å². The van der Waals surface area contributed by atoms with Crippen molar-refractivity contribution in [2.24, 2.45) is 0 Å². The van der Waals surface area contributed by atoms with Crippen molar-refractivity contribution in [3.05, 3.63) is 53.6 Å². The third kappa shape index (κ3) is 2.62. The van der Waals surface area contributed by atoms with Gasteiger partial charge < -0.3 is 4.90 Å². The van der Waals surface area contributed by atoms with Gasteiger partial charge in [0.25, 0.3) is 5.91 Å². The van der Waals surface area contributed by atoms with E-state index in [1.54, 1.807) is 17.3 Å². The van der Waals surface area contributed by atoms with Crippen molar-refractivity contribution in [1.29, 1.82) is 0 Å². The van der Waals surface area contributed by atoms with Crippen molar-refractivity contribution in [2.75, 3.05) is 13.1 Å². The van der Waals surface area contributed by atoms with Gasteiger partial charge in [-0.2, -0.15) is 15.4 Å². The summed E-state index contributed by atoms with van der Waals surface area (Å²) in [5, 5.41) is 10.3. The third-order valence-electron chi connectivity index (χ3n) is 4.58. The molecule has 0 radical (unpaired) electrons. The minimum Gasteiger partial charge on any atom is -0.339 e. The number of nitrogens with zero attached hydrogens (tertiary/aromatic N) is 4. The molecule has 4 rings (SSSR count). The smallest absolute Gasteiger partial charge is 0.256 e. The predicted molar refractivity (Wildman–Crippen MR) is 86.0 cm³/mol. The first kappa shape index (κ1) is 14.7. The summed E-state index contributed by atoms with van der Waals surface area (Å²) in [4.78, 5) is 18.6. The van der Waals surface area contributed by atoms with Crippen LogP contribution in [0.4, 0.5) is 4.39 Å². The van der Waals surface area contributed by atoms with Gasteiger partial charge in [0.1, 0.15) is 16.9 Å². The maximum Gasteiger partial charge on any atom is 0.256 e. The van der Waals surface area contributed by atoms with E-state index in [9.17, 15) is 9.18 Å². The Balaban J connectivity index is 1.53. The van der Waals surface area contributed by atoms with Crippen molar-refractivity contribution in [2.45, 2.75) is 18.8 Å². The lowest BCUT2D eigenvalue weighted by molar-refractivity contribution is 0.0714. The normalized spacial score (nSPS) is 15.8. The molecule has 122 valence electrons. The van der Waals surface area contributed by atoms with Crippen molar-refractivity contribution in [3.8, 4) is 0 Å². The summed E-state index contributed by atoms with van der Waals surface area (Å²) >= 11 is 0. The first-order chi connectivity index (χ1) is 11.7. The SMILES string of the molecule is O=C(c1cc(F)cc2n[nH]nc12)N1CCC(c2ccncc2)CC1. The van der Waals surface area contributed by atoms with Crippen molar-refractivity contribution < 1.29 is 9.18 Å². The van der Waals surface area contributed by atoms with E-state index >= 15 is 0 Å². The average Bonchev–Trinajstić information content (AvgIpc) is 3.09. The first-order valence-electron chi connectivity index (χ1n) is 7.91. The van der Waals surface area contributed by atoms with Crippen LogP contribution < -0.4 is 0 Å². The van der Waals surface area contributed by atoms with Crippen LogP contribution >= 0.6 is 0 Å². The van der Waals surface area contributed by atoms with Gasteiger partial charge in [-0.1, -0.05) is 0 Å². The number of likely N-dealkylation sites (tertiary alicyclic amines) is 1. The largest absolute Gasteiger partial charge is 0.339 e. The molecule has 2 aromatic heterocycles. The second-order valence-electron chi connectivity index (χ2n) is 5.99. The number of piperidine rings is 1. The zero-order valence-electron chi connectivity index (χ0n) is 12.9. The Bertz CT molecular complexity index is 871. The van der Waals surface area contributed by atoms with Gasteiger partial charge in [0.2, 0.25) is 0 Å². The van der Waals surface area contributed by atoms with E-state index < -0.39 is 5.82 Å². The molecule has 1 aromatic carbocycles. The van der Waals surface area contributed by atoms with Crippen LogP contribution in [0.2, 0.25) is 0 Å². The topological polar surface area (TPSA) is 74.8 Å². The lowest BCUT2D eigenvalue weighted by Gasteiger charge is -2.32. The molecule has 7 heteroatoms. The fourth-order valence-corrected chi connectivity index (χ4v) is 3.30. The first-order valence-corrected chi connectivity index (χ1v) is 7.91. The number of H-pyrrole nitrogens is 1. The number of hydrogen-bond donors (Lipinski definition) is 1. The Morgan fingerprint density at radius 1 is 1.17 bits per heavy atom. The maximum atomic E-state index is 13.7. The molecule has 1 aliphatic rings. The summed E-state index contributed by atoms with van der Waals surface area (Å²) in [7, 11) is 0. The number of pyridine rings is 1. The number of amides is 1. The summed E-state index contributed by atoms with van der Waals surface area (Å²) in [6.07, 6.45) is 5.35. The molecular formula is C17H16FN5O. The van der Waals surface area contributed by atoms with Gasteiger partial charge in [-0.05, 0) is 42.5 Å². The molecule has 1 saturated heterocycles. The fourth-order valence-electron chi connectivity index (χ4n) is 3.30. The van der Waals surface area contributed by atoms with E-state index in [2.05, 4.69) is 20.4 Å². The molecule has 3 heterocycles. The number of nitrogens with one attached hydrogen (secondary N) is 1. The van der Waals surface area contributed by atoms with Gasteiger partial charge in [-0.15, -0.1) is 0 Å². The zero-order valence-corrected chi connectivity index (χ0v) is 12.9. The minimum atomic E-state index is -0.480. The average molecular weight is 325 g/mol. The van der Waals surface area contributed by atoms with Crippen molar-refractivity contribution >= 4 is 16.9 Å². The maximum absolute atomic E-state index is 13.7. The van der Waals surface area contributed by atoms with E-state index in [0.29, 0.717) is 30.0 Å². The molecule has 24 heavy (non-hydrogen) atoms. The molecule has 0 unspecified atom stereocenters. The van der Waals surface area contributed by atoms with Gasteiger partial charge in [-0.25, -0.2) is 4.39 Å². The number of carbonyl (C=O) groups is 1. The number of aromatic amines is 1. The molecule has 1 fully saturated rings. The molecule has 0 aliphatic carbocycles. The molecule has 1 amide bonds. The zero-order chi connectivity index (χ0) is 16.5. The molecule has 0 atom stereocenters. The summed E-state index contributed by atoms with van der Waals surface area (Å²) in [5.41, 5.74) is 2.30. The van der Waals surface area contributed by atoms with Crippen LogP contribution in [0.5, 0.6) is 0 Å². The molecule has 3 aromatic rings. The van der Waals surface area contributed by atoms with Crippen molar-refractivity contribution in [3.63, 3.8) is 0 Å². The summed E-state index contributed by atoms with van der Waals surface area (Å²) < 4.78 is 13.7. The van der Waals surface area contributed by atoms with E-state index in [-0.39, 0.29) is 11.5 Å². The molecule has 0 saturated carbocycles. The Morgan fingerprint density at radius 3 is 2.67 bits per heavy atom. The summed E-state index contributed by atoms with van der Waals surface area (Å²) in [6.45, 7) is 1.28. The van der Waals surface area contributed by atoms with Gasteiger partial charge in [-0.3, -0.25) is 9.78 Å². The van der Waals surface area contributed by atoms with Crippen LogP contribution in [0.3, 0.4) is 0 Å². The highest BCUT2D eigenvalue weighted by molar-refractivity contribution is 6.04. The number of benzene rings is 1. The Hall–Kier alpha value is -2.83. The monoisotopic (exact) mass is 325 g/mol. The lowest BCUT2D eigenvalue weighted by Crippen LogP contribution is -2.38. The molecule has 6 nitrogen and oxygen atoms in total. The van der Waals surface area contributed by atoms with Gasteiger partial charge >= 0.3 is 0 Å². The highest BCUT2D eigenvalue weighted by Crippen LogP contribution is 2.29. The van der Waals surface area contributed by atoms with Crippen molar-refractivity contribution in [1.82, 2.24) is 25.3 Å². The summed E-state index contributed by atoms with van der Waals surface area (Å²) in [6, 6.07) is 6.55. The highest BCUT2D eigenvalue weighted by Gasteiger charge is 2.26. The molecule has 0 spiro atoms. The Labute approximate surface area is 137 Å². The van der Waals surface area contributed by atoms with Crippen LogP contribution in [-0.2, 0) is 0 Å². The minimum absolute atomic E-state index is 0.193. The van der Waals surface area contributed by atoms with Crippen LogP contribution in [0.25, 0.3) is 11.0 Å². The van der Waals surface area contributed by atoms with E-state index in [1.165, 1.54) is 17.7 Å². The predicted octanol–water partition coefficient (Wildman–Crippen LogP) is 2.51. The number of hydrogen-bond acceptors (Lipinski definition) is 4. The molecule has 0 bridgehead atoms. The van der Waals surface area contributed by atoms with E-state index in [4.69, 9.17) is 0 Å². The van der Waals surface area contributed by atoms with E-state index in [0.717, 1.165) is 12.8 Å². The molecular weight excluding hydrogens is 309 g/mol. The molecule has 1 N–H and O–H groups in total. The van der Waals surface area contributed by atoms with Crippen LogP contribution in [0, 0.1) is 5.82 Å². The number of rotatable bonds is 2. The number of aromatic nitrogens is 4. The van der Waals surface area contributed by atoms with Crippen LogP contribution in [0.1, 0.15) is 34.7 Å². The second-order valence-corrected chi connectivity index (χ2v) is 5.99. The summed E-state index contributed by atoms with van der Waals surface area (Å²) in [5.74, 6) is -0.246. The number of carbonyl (C=O) groups excluding carboxylic acids is 1. The molecule has 1 aliphatic heterocycles. The third-order valence-corrected chi connectivity index (χ3v) is 4.58.